The number of pyridine rings is 1. The maximum atomic E-state index is 13.0. The van der Waals surface area contributed by atoms with Crippen molar-refractivity contribution in [3.63, 3.8) is 0 Å². The predicted molar refractivity (Wildman–Crippen MR) is 73.0 cm³/mol. The van der Waals surface area contributed by atoms with Gasteiger partial charge in [0.2, 0.25) is 0 Å². The molecule has 21 heavy (non-hydrogen) atoms. The summed E-state index contributed by atoms with van der Waals surface area (Å²) in [4.78, 5) is 34.5. The summed E-state index contributed by atoms with van der Waals surface area (Å²) in [5.41, 5.74) is -0.708. The van der Waals surface area contributed by atoms with Crippen molar-refractivity contribution in [2.75, 3.05) is 5.32 Å². The molecule has 0 saturated heterocycles. The highest BCUT2D eigenvalue weighted by atomic mass is 19.1. The molecule has 2 N–H and O–H groups in total. The number of hydrogen-bond donors (Lipinski definition) is 2. The van der Waals surface area contributed by atoms with Gasteiger partial charge in [-0.15, -0.1) is 0 Å². The van der Waals surface area contributed by atoms with Crippen LogP contribution in [-0.2, 0) is 7.05 Å². The Kier molecular flexibility index (Phi) is 3.84. The smallest absolute Gasteiger partial charge is 0.337 e. The van der Waals surface area contributed by atoms with Gasteiger partial charge in [0.15, 0.2) is 0 Å². The van der Waals surface area contributed by atoms with Crippen LogP contribution in [0.25, 0.3) is 0 Å². The van der Waals surface area contributed by atoms with Crippen LogP contribution in [0.15, 0.2) is 41.3 Å². The van der Waals surface area contributed by atoms with Crippen molar-refractivity contribution in [2.45, 2.75) is 0 Å². The lowest BCUT2D eigenvalue weighted by Gasteiger charge is -2.09. The molecule has 1 heterocycles. The molecule has 0 atom stereocenters. The van der Waals surface area contributed by atoms with Crippen LogP contribution in [0.5, 0.6) is 0 Å². The third-order valence-corrected chi connectivity index (χ3v) is 2.83. The van der Waals surface area contributed by atoms with Gasteiger partial charge in [-0.05, 0) is 24.3 Å². The number of carboxylic acids is 1. The molecular formula is C14H11FN2O4. The highest BCUT2D eigenvalue weighted by Gasteiger charge is 2.15. The van der Waals surface area contributed by atoms with E-state index in [2.05, 4.69) is 5.32 Å². The van der Waals surface area contributed by atoms with Gasteiger partial charge >= 0.3 is 5.97 Å². The molecule has 2 rings (SSSR count). The normalized spacial score (nSPS) is 10.2. The van der Waals surface area contributed by atoms with Crippen molar-refractivity contribution in [1.29, 1.82) is 0 Å². The number of nitrogens with zero attached hydrogens (tertiary/aromatic N) is 1. The number of halogens is 1. The van der Waals surface area contributed by atoms with E-state index in [0.29, 0.717) is 0 Å². The Bertz CT molecular complexity index is 783. The van der Waals surface area contributed by atoms with E-state index in [1.807, 2.05) is 0 Å². The van der Waals surface area contributed by atoms with E-state index in [1.165, 1.54) is 23.9 Å². The topological polar surface area (TPSA) is 88.4 Å². The van der Waals surface area contributed by atoms with Crippen LogP contribution in [-0.4, -0.2) is 21.6 Å². The summed E-state index contributed by atoms with van der Waals surface area (Å²) >= 11 is 0. The molecule has 0 unspecified atom stereocenters. The Hall–Kier alpha value is -2.96. The fraction of sp³-hybridized carbons (Fsp3) is 0.0714. The predicted octanol–water partition coefficient (Wildman–Crippen LogP) is 1.47. The van der Waals surface area contributed by atoms with E-state index in [4.69, 9.17) is 5.11 Å². The molecule has 1 aromatic carbocycles. The van der Waals surface area contributed by atoms with Crippen LogP contribution in [0.3, 0.4) is 0 Å². The van der Waals surface area contributed by atoms with E-state index in [9.17, 15) is 18.8 Å². The molecule has 7 heteroatoms. The van der Waals surface area contributed by atoms with E-state index >= 15 is 0 Å². The van der Waals surface area contributed by atoms with E-state index in [1.54, 1.807) is 0 Å². The third-order valence-electron chi connectivity index (χ3n) is 2.83. The van der Waals surface area contributed by atoms with Crippen LogP contribution >= 0.6 is 0 Å². The van der Waals surface area contributed by atoms with Gasteiger partial charge in [-0.25, -0.2) is 9.18 Å². The fourth-order valence-corrected chi connectivity index (χ4v) is 1.69. The summed E-state index contributed by atoms with van der Waals surface area (Å²) in [5.74, 6) is -2.74. The number of carbonyl (C=O) groups excluding carboxylic acids is 1. The van der Waals surface area contributed by atoms with Crippen molar-refractivity contribution in [3.8, 4) is 0 Å². The molecule has 108 valence electrons. The van der Waals surface area contributed by atoms with Crippen LogP contribution in [0.2, 0.25) is 0 Å². The van der Waals surface area contributed by atoms with Gasteiger partial charge in [-0.2, -0.15) is 0 Å². The largest absolute Gasteiger partial charge is 0.478 e. The quantitative estimate of drug-likeness (QED) is 0.896. The second-order valence-corrected chi connectivity index (χ2v) is 4.31. The van der Waals surface area contributed by atoms with Gasteiger partial charge in [0, 0.05) is 24.9 Å². The van der Waals surface area contributed by atoms with Crippen molar-refractivity contribution in [2.24, 2.45) is 7.05 Å². The van der Waals surface area contributed by atoms with Gasteiger partial charge < -0.3 is 15.0 Å². The number of aromatic nitrogens is 1. The first-order chi connectivity index (χ1) is 9.88. The Morgan fingerprint density at radius 3 is 2.57 bits per heavy atom. The highest BCUT2D eigenvalue weighted by Crippen LogP contribution is 2.18. The lowest BCUT2D eigenvalue weighted by atomic mass is 10.1. The van der Waals surface area contributed by atoms with Crippen LogP contribution < -0.4 is 10.9 Å². The van der Waals surface area contributed by atoms with E-state index in [0.717, 1.165) is 24.3 Å². The molecule has 0 bridgehead atoms. The number of nitrogens with one attached hydrogen (secondary N) is 1. The second kappa shape index (κ2) is 5.58. The van der Waals surface area contributed by atoms with E-state index < -0.39 is 17.7 Å². The van der Waals surface area contributed by atoms with Gasteiger partial charge in [-0.3, -0.25) is 9.59 Å². The summed E-state index contributed by atoms with van der Waals surface area (Å²) in [6.45, 7) is 0. The molecule has 0 aliphatic heterocycles. The standard InChI is InChI=1S/C14H11FN2O4/c1-17-5-4-8(6-12(17)18)13(19)16-11-3-2-9(15)7-10(11)14(20)21/h2-7H,1H3,(H,16,19)(H,20,21). The molecule has 0 aliphatic carbocycles. The second-order valence-electron chi connectivity index (χ2n) is 4.31. The van der Waals surface area contributed by atoms with E-state index in [-0.39, 0.29) is 22.4 Å². The lowest BCUT2D eigenvalue weighted by molar-refractivity contribution is 0.0697. The van der Waals surface area contributed by atoms with Crippen LogP contribution in [0, 0.1) is 5.82 Å². The molecule has 0 aliphatic rings. The fourth-order valence-electron chi connectivity index (χ4n) is 1.69. The Balaban J connectivity index is 2.33. The Morgan fingerprint density at radius 2 is 1.95 bits per heavy atom. The minimum absolute atomic E-state index is 0.0467. The minimum atomic E-state index is -1.37. The number of aryl methyl sites for hydroxylation is 1. The zero-order valence-electron chi connectivity index (χ0n) is 11.0. The number of rotatable bonds is 3. The molecule has 0 radical (unpaired) electrons. The Morgan fingerprint density at radius 1 is 1.24 bits per heavy atom. The number of anilines is 1. The molecule has 0 fully saturated rings. The molecule has 2 aromatic rings. The third kappa shape index (κ3) is 3.14. The van der Waals surface area contributed by atoms with Crippen molar-refractivity contribution in [3.05, 3.63) is 63.8 Å². The van der Waals surface area contributed by atoms with Crippen LogP contribution in [0.1, 0.15) is 20.7 Å². The average Bonchev–Trinajstić information content (AvgIpc) is 2.43. The first-order valence-corrected chi connectivity index (χ1v) is 5.89. The van der Waals surface area contributed by atoms with Gasteiger partial charge in [0.05, 0.1) is 11.3 Å². The van der Waals surface area contributed by atoms with Gasteiger partial charge in [0.1, 0.15) is 5.82 Å². The zero-order chi connectivity index (χ0) is 15.6. The maximum absolute atomic E-state index is 13.0. The highest BCUT2D eigenvalue weighted by molar-refractivity contribution is 6.07. The number of hydrogen-bond acceptors (Lipinski definition) is 3. The molecular weight excluding hydrogens is 279 g/mol. The summed E-state index contributed by atoms with van der Waals surface area (Å²) in [5, 5.41) is 11.3. The van der Waals surface area contributed by atoms with Crippen molar-refractivity contribution in [1.82, 2.24) is 4.57 Å². The Labute approximate surface area is 118 Å². The first-order valence-electron chi connectivity index (χ1n) is 5.89. The summed E-state index contributed by atoms with van der Waals surface area (Å²) in [6, 6.07) is 5.53. The average molecular weight is 290 g/mol. The van der Waals surface area contributed by atoms with Crippen molar-refractivity contribution < 1.29 is 19.1 Å². The maximum Gasteiger partial charge on any atom is 0.337 e. The number of carbonyl (C=O) groups is 2. The lowest BCUT2D eigenvalue weighted by Crippen LogP contribution is -2.20. The van der Waals surface area contributed by atoms with Crippen LogP contribution in [0.4, 0.5) is 10.1 Å². The summed E-state index contributed by atoms with van der Waals surface area (Å²) < 4.78 is 14.3. The number of aromatic carboxylic acids is 1. The summed E-state index contributed by atoms with van der Waals surface area (Å²) in [6.07, 6.45) is 1.42. The number of amides is 1. The number of benzene rings is 1. The molecule has 1 aromatic heterocycles. The van der Waals surface area contributed by atoms with Crippen molar-refractivity contribution >= 4 is 17.6 Å². The molecule has 1 amide bonds. The first kappa shape index (κ1) is 14.4. The zero-order valence-corrected chi connectivity index (χ0v) is 11.0. The van der Waals surface area contributed by atoms with Gasteiger partial charge in [0.25, 0.3) is 11.5 Å². The molecule has 0 saturated carbocycles. The SMILES string of the molecule is Cn1ccc(C(=O)Nc2ccc(F)cc2C(=O)O)cc1=O. The molecule has 6 nitrogen and oxygen atoms in total. The number of carboxylic acid groups (broad SMARTS) is 1. The monoisotopic (exact) mass is 290 g/mol. The van der Waals surface area contributed by atoms with Gasteiger partial charge in [-0.1, -0.05) is 0 Å². The molecule has 0 spiro atoms. The summed E-state index contributed by atoms with van der Waals surface area (Å²) in [7, 11) is 1.53. The minimum Gasteiger partial charge on any atom is -0.478 e.